The van der Waals surface area contributed by atoms with E-state index in [9.17, 15) is 9.59 Å². The summed E-state index contributed by atoms with van der Waals surface area (Å²) in [7, 11) is 1.49. The van der Waals surface area contributed by atoms with Gasteiger partial charge in [-0.3, -0.25) is 4.79 Å². The van der Waals surface area contributed by atoms with Crippen LogP contribution in [0.2, 0.25) is 5.02 Å². The molecule has 1 aliphatic rings. The Bertz CT molecular complexity index is 1460. The van der Waals surface area contributed by atoms with E-state index in [1.54, 1.807) is 24.5 Å². The molecule has 0 atom stereocenters. The van der Waals surface area contributed by atoms with Crippen molar-refractivity contribution in [2.75, 3.05) is 19.0 Å². The van der Waals surface area contributed by atoms with Gasteiger partial charge in [0.25, 0.3) is 5.91 Å². The predicted octanol–water partition coefficient (Wildman–Crippen LogP) is 5.77. The van der Waals surface area contributed by atoms with Gasteiger partial charge in [-0.05, 0) is 66.5 Å². The summed E-state index contributed by atoms with van der Waals surface area (Å²) in [5.74, 6) is 0.0857. The van der Waals surface area contributed by atoms with E-state index in [2.05, 4.69) is 5.32 Å². The maximum absolute atomic E-state index is 13.3. The molecule has 1 N–H and O–H groups in total. The zero-order chi connectivity index (χ0) is 24.4. The SMILES string of the molecule is COc1ccc(Cl)cc1NC(=O)COC(=O)c1c2c(nc3ccccc13)C(=Cc1ccco1)CC2. The second kappa shape index (κ2) is 9.64. The van der Waals surface area contributed by atoms with Gasteiger partial charge >= 0.3 is 5.97 Å². The van der Waals surface area contributed by atoms with Crippen LogP contribution in [-0.4, -0.2) is 30.6 Å². The smallest absolute Gasteiger partial charge is 0.339 e. The Morgan fingerprint density at radius 1 is 1.14 bits per heavy atom. The van der Waals surface area contributed by atoms with Crippen molar-refractivity contribution < 1.29 is 23.5 Å². The number of para-hydroxylation sites is 1. The van der Waals surface area contributed by atoms with Crippen LogP contribution >= 0.6 is 11.6 Å². The Hall–Kier alpha value is -4.10. The van der Waals surface area contributed by atoms with Crippen molar-refractivity contribution in [3.8, 4) is 5.75 Å². The van der Waals surface area contributed by atoms with Gasteiger partial charge < -0.3 is 19.2 Å². The molecule has 7 nitrogen and oxygen atoms in total. The Morgan fingerprint density at radius 3 is 2.80 bits per heavy atom. The van der Waals surface area contributed by atoms with Gasteiger partial charge in [-0.15, -0.1) is 0 Å². The summed E-state index contributed by atoms with van der Waals surface area (Å²) in [6, 6.07) is 16.0. The van der Waals surface area contributed by atoms with Gasteiger partial charge in [-0.25, -0.2) is 9.78 Å². The number of amides is 1. The first-order valence-corrected chi connectivity index (χ1v) is 11.4. The van der Waals surface area contributed by atoms with Crippen LogP contribution in [0.25, 0.3) is 22.6 Å². The van der Waals surface area contributed by atoms with E-state index in [1.807, 2.05) is 42.5 Å². The van der Waals surface area contributed by atoms with Crippen molar-refractivity contribution in [1.82, 2.24) is 4.98 Å². The molecule has 4 aromatic rings. The number of ether oxygens (including phenoxy) is 2. The molecule has 0 radical (unpaired) electrons. The van der Waals surface area contributed by atoms with Crippen LogP contribution in [0.15, 0.2) is 65.3 Å². The van der Waals surface area contributed by atoms with Gasteiger partial charge in [0.15, 0.2) is 6.61 Å². The molecule has 5 rings (SSSR count). The van der Waals surface area contributed by atoms with Crippen molar-refractivity contribution in [3.05, 3.63) is 88.5 Å². The predicted molar refractivity (Wildman–Crippen MR) is 134 cm³/mol. The van der Waals surface area contributed by atoms with Crippen LogP contribution in [0.4, 0.5) is 5.69 Å². The first kappa shape index (κ1) is 22.7. The van der Waals surface area contributed by atoms with Gasteiger partial charge in [0, 0.05) is 10.4 Å². The van der Waals surface area contributed by atoms with E-state index < -0.39 is 18.5 Å². The minimum absolute atomic E-state index is 0.393. The number of rotatable bonds is 6. The number of carbonyl (C=O) groups excluding carboxylic acids is 2. The van der Waals surface area contributed by atoms with E-state index in [0.717, 1.165) is 22.6 Å². The molecule has 0 aliphatic heterocycles. The number of hydrogen-bond acceptors (Lipinski definition) is 6. The molecule has 2 aromatic heterocycles. The van der Waals surface area contributed by atoms with Crippen LogP contribution < -0.4 is 10.1 Å². The lowest BCUT2D eigenvalue weighted by atomic mass is 10.0. The molecule has 0 unspecified atom stereocenters. The number of nitrogens with one attached hydrogen (secondary N) is 1. The molecule has 0 saturated carbocycles. The first-order chi connectivity index (χ1) is 17.0. The lowest BCUT2D eigenvalue weighted by Crippen LogP contribution is -2.22. The highest BCUT2D eigenvalue weighted by atomic mass is 35.5. The summed E-state index contributed by atoms with van der Waals surface area (Å²) in [4.78, 5) is 30.6. The van der Waals surface area contributed by atoms with E-state index >= 15 is 0 Å². The Morgan fingerprint density at radius 2 is 2.00 bits per heavy atom. The largest absolute Gasteiger partial charge is 0.495 e. The second-order valence-corrected chi connectivity index (χ2v) is 8.42. The molecule has 0 saturated heterocycles. The normalized spacial score (nSPS) is 13.6. The van der Waals surface area contributed by atoms with Gasteiger partial charge in [-0.2, -0.15) is 0 Å². The van der Waals surface area contributed by atoms with Crippen LogP contribution in [0.1, 0.15) is 33.8 Å². The van der Waals surface area contributed by atoms with E-state index in [0.29, 0.717) is 45.8 Å². The topological polar surface area (TPSA) is 90.7 Å². The average Bonchev–Trinajstić information content (AvgIpc) is 3.52. The van der Waals surface area contributed by atoms with Crippen molar-refractivity contribution in [2.24, 2.45) is 0 Å². The first-order valence-electron chi connectivity index (χ1n) is 11.0. The molecular formula is C27H21ClN2O5. The molecule has 8 heteroatoms. The number of furan rings is 1. The van der Waals surface area contributed by atoms with E-state index in [4.69, 9.17) is 30.5 Å². The molecule has 2 aromatic carbocycles. The number of carbonyl (C=O) groups is 2. The number of esters is 1. The van der Waals surface area contributed by atoms with Gasteiger partial charge in [0.05, 0.1) is 35.8 Å². The maximum atomic E-state index is 13.3. The molecule has 1 aliphatic carbocycles. The van der Waals surface area contributed by atoms with Crippen LogP contribution in [0.5, 0.6) is 5.75 Å². The Balaban J connectivity index is 1.41. The quantitative estimate of drug-likeness (QED) is 0.346. The third-order valence-corrected chi connectivity index (χ3v) is 6.01. The fraction of sp³-hybridized carbons (Fsp3) is 0.148. The van der Waals surface area contributed by atoms with Crippen molar-refractivity contribution >= 4 is 51.7 Å². The molecule has 0 spiro atoms. The summed E-state index contributed by atoms with van der Waals surface area (Å²) < 4.78 is 16.1. The standard InChI is InChI=1S/C27H21ClN2O5/c1-33-23-11-9-17(28)14-22(23)29-24(31)15-35-27(32)25-19-6-2-3-7-21(19)30-26-16(8-10-20(25)26)13-18-5-4-12-34-18/h2-7,9,11-14H,8,10,15H2,1H3,(H,29,31). The number of pyridine rings is 1. The third kappa shape index (κ3) is 4.63. The zero-order valence-electron chi connectivity index (χ0n) is 18.8. The maximum Gasteiger partial charge on any atom is 0.339 e. The molecular weight excluding hydrogens is 468 g/mol. The van der Waals surface area contributed by atoms with E-state index in [-0.39, 0.29) is 0 Å². The minimum Gasteiger partial charge on any atom is -0.495 e. The summed E-state index contributed by atoms with van der Waals surface area (Å²) >= 11 is 6.02. The number of benzene rings is 2. The average molecular weight is 489 g/mol. The number of allylic oxidation sites excluding steroid dienone is 1. The lowest BCUT2D eigenvalue weighted by Gasteiger charge is -2.13. The summed E-state index contributed by atoms with van der Waals surface area (Å²) in [5, 5.41) is 3.80. The van der Waals surface area contributed by atoms with E-state index in [1.165, 1.54) is 7.11 Å². The highest BCUT2D eigenvalue weighted by Crippen LogP contribution is 2.38. The number of halogens is 1. The molecule has 0 fully saturated rings. The van der Waals surface area contributed by atoms with Crippen molar-refractivity contribution in [1.29, 1.82) is 0 Å². The fourth-order valence-electron chi connectivity index (χ4n) is 4.22. The monoisotopic (exact) mass is 488 g/mol. The molecule has 0 bridgehead atoms. The van der Waals surface area contributed by atoms with Gasteiger partial charge in [-0.1, -0.05) is 29.8 Å². The molecule has 2 heterocycles. The van der Waals surface area contributed by atoms with Crippen LogP contribution in [-0.2, 0) is 16.0 Å². The number of fused-ring (bicyclic) bond motifs is 2. The second-order valence-electron chi connectivity index (χ2n) is 7.99. The Labute approximate surface area is 206 Å². The van der Waals surface area contributed by atoms with Crippen LogP contribution in [0, 0.1) is 0 Å². The summed E-state index contributed by atoms with van der Waals surface area (Å²) in [6.07, 6.45) is 4.90. The lowest BCUT2D eigenvalue weighted by molar-refractivity contribution is -0.119. The minimum atomic E-state index is -0.577. The number of anilines is 1. The summed E-state index contributed by atoms with van der Waals surface area (Å²) in [6.45, 7) is -0.463. The zero-order valence-corrected chi connectivity index (χ0v) is 19.6. The molecule has 1 amide bonds. The van der Waals surface area contributed by atoms with Crippen molar-refractivity contribution in [2.45, 2.75) is 12.8 Å². The fourth-order valence-corrected chi connectivity index (χ4v) is 4.40. The number of methoxy groups -OCH3 is 1. The highest BCUT2D eigenvalue weighted by Gasteiger charge is 2.28. The summed E-state index contributed by atoms with van der Waals surface area (Å²) in [5.41, 5.74) is 4.05. The highest BCUT2D eigenvalue weighted by molar-refractivity contribution is 6.31. The Kier molecular flexibility index (Phi) is 6.25. The third-order valence-electron chi connectivity index (χ3n) is 5.78. The molecule has 35 heavy (non-hydrogen) atoms. The molecule has 176 valence electrons. The van der Waals surface area contributed by atoms with Crippen LogP contribution in [0.3, 0.4) is 0 Å². The number of nitrogens with zero attached hydrogens (tertiary/aromatic N) is 1. The number of aromatic nitrogens is 1. The van der Waals surface area contributed by atoms with Crippen molar-refractivity contribution in [3.63, 3.8) is 0 Å². The van der Waals surface area contributed by atoms with Gasteiger partial charge in [0.2, 0.25) is 0 Å². The number of hydrogen-bond donors (Lipinski definition) is 1. The van der Waals surface area contributed by atoms with Gasteiger partial charge in [0.1, 0.15) is 11.5 Å².